The zero-order valence-electron chi connectivity index (χ0n) is 8.36. The van der Waals surface area contributed by atoms with Gasteiger partial charge in [0, 0.05) is 0 Å². The molecule has 0 fully saturated rings. The first-order valence-electron chi connectivity index (χ1n) is 4.67. The van der Waals surface area contributed by atoms with E-state index >= 15 is 0 Å². The van der Waals surface area contributed by atoms with Gasteiger partial charge in [0.15, 0.2) is 0 Å². The normalized spacial score (nSPS) is 14.5. The second-order valence-electron chi connectivity index (χ2n) is 3.28. The lowest BCUT2D eigenvalue weighted by Gasteiger charge is -2.25. The van der Waals surface area contributed by atoms with Crippen LogP contribution in [0, 0.1) is 0 Å². The van der Waals surface area contributed by atoms with E-state index in [-0.39, 0.29) is 19.8 Å². The Hall–Kier alpha value is -0.160. The van der Waals surface area contributed by atoms with Gasteiger partial charge in [-0.05, 0) is 12.8 Å². The van der Waals surface area contributed by atoms with Gasteiger partial charge >= 0.3 is 0 Å². The van der Waals surface area contributed by atoms with Crippen molar-refractivity contribution in [3.8, 4) is 0 Å². The number of hydrogen-bond donors (Lipinski definition) is 3. The van der Waals surface area contributed by atoms with E-state index in [9.17, 15) is 5.11 Å². The Morgan fingerprint density at radius 3 is 2.23 bits per heavy atom. The van der Waals surface area contributed by atoms with Crippen molar-refractivity contribution in [2.75, 3.05) is 19.8 Å². The molecule has 0 aromatic heterocycles. The summed E-state index contributed by atoms with van der Waals surface area (Å²) in [5.74, 6) is 0. The Kier molecular flexibility index (Phi) is 6.24. The maximum atomic E-state index is 9.75. The van der Waals surface area contributed by atoms with E-state index in [4.69, 9.17) is 14.9 Å². The first-order chi connectivity index (χ1) is 6.08. The van der Waals surface area contributed by atoms with Gasteiger partial charge in [-0.15, -0.1) is 0 Å². The summed E-state index contributed by atoms with van der Waals surface area (Å²) in [5, 5.41) is 27.2. The smallest absolute Gasteiger partial charge is 0.100 e. The van der Waals surface area contributed by atoms with E-state index in [1.165, 1.54) is 0 Å². The minimum Gasteiger partial charge on any atom is -0.394 e. The molecule has 1 unspecified atom stereocenters. The molecule has 80 valence electrons. The molecule has 0 bridgehead atoms. The zero-order chi connectivity index (χ0) is 10.3. The van der Waals surface area contributed by atoms with Crippen LogP contribution >= 0.6 is 0 Å². The highest BCUT2D eigenvalue weighted by Crippen LogP contribution is 2.14. The second-order valence-corrected chi connectivity index (χ2v) is 3.28. The summed E-state index contributed by atoms with van der Waals surface area (Å²) in [6.45, 7) is 3.73. The molecule has 0 radical (unpaired) electrons. The lowest BCUT2D eigenvalue weighted by Crippen LogP contribution is -2.34. The number of rotatable bonds is 7. The molecule has 0 rings (SSSR count). The Balaban J connectivity index is 3.61. The molecule has 3 N–H and O–H groups in total. The van der Waals surface area contributed by atoms with Gasteiger partial charge in [0.1, 0.15) is 6.10 Å². The zero-order valence-corrected chi connectivity index (χ0v) is 8.36. The highest BCUT2D eigenvalue weighted by atomic mass is 16.5. The van der Waals surface area contributed by atoms with Crippen LogP contribution in [0.3, 0.4) is 0 Å². The number of hydrogen-bond acceptors (Lipinski definition) is 4. The van der Waals surface area contributed by atoms with Crippen molar-refractivity contribution in [3.05, 3.63) is 0 Å². The van der Waals surface area contributed by atoms with Crippen LogP contribution in [0.4, 0.5) is 0 Å². The largest absolute Gasteiger partial charge is 0.394 e. The second kappa shape index (κ2) is 6.32. The number of aliphatic hydroxyl groups is 3. The van der Waals surface area contributed by atoms with Gasteiger partial charge in [-0.25, -0.2) is 0 Å². The molecule has 4 heteroatoms. The molecular formula is C9H20O4. The highest BCUT2D eigenvalue weighted by molar-refractivity contribution is 4.74. The molecule has 0 spiro atoms. The van der Waals surface area contributed by atoms with E-state index in [1.54, 1.807) is 0 Å². The van der Waals surface area contributed by atoms with Crippen molar-refractivity contribution >= 4 is 0 Å². The van der Waals surface area contributed by atoms with Crippen LogP contribution < -0.4 is 0 Å². The van der Waals surface area contributed by atoms with Gasteiger partial charge in [-0.1, -0.05) is 13.8 Å². The van der Waals surface area contributed by atoms with E-state index in [1.807, 2.05) is 13.8 Å². The fraction of sp³-hybridized carbons (Fsp3) is 1.00. The molecule has 0 aliphatic heterocycles. The Morgan fingerprint density at radius 2 is 1.85 bits per heavy atom. The van der Waals surface area contributed by atoms with Crippen LogP contribution in [0.5, 0.6) is 0 Å². The van der Waals surface area contributed by atoms with Gasteiger partial charge in [0.05, 0.1) is 25.4 Å². The monoisotopic (exact) mass is 192 g/mol. The predicted octanol–water partition coefficient (Wildman–Crippen LogP) is -0.0927. The number of aliphatic hydroxyl groups excluding tert-OH is 2. The quantitative estimate of drug-likeness (QED) is 0.527. The Labute approximate surface area is 79.2 Å². The van der Waals surface area contributed by atoms with Gasteiger partial charge < -0.3 is 20.1 Å². The van der Waals surface area contributed by atoms with Crippen LogP contribution in [0.15, 0.2) is 0 Å². The Bertz CT molecular complexity index is 123. The minimum absolute atomic E-state index is 0.0683. The molecule has 4 nitrogen and oxygen atoms in total. The molecule has 0 aliphatic carbocycles. The summed E-state index contributed by atoms with van der Waals surface area (Å²) in [5.41, 5.74) is -0.796. The summed E-state index contributed by atoms with van der Waals surface area (Å²) >= 11 is 0. The maximum absolute atomic E-state index is 9.75. The summed E-state index contributed by atoms with van der Waals surface area (Å²) in [4.78, 5) is 0. The summed E-state index contributed by atoms with van der Waals surface area (Å²) < 4.78 is 5.07. The third-order valence-corrected chi connectivity index (χ3v) is 2.21. The fourth-order valence-electron chi connectivity index (χ4n) is 0.892. The van der Waals surface area contributed by atoms with Gasteiger partial charge in [-0.3, -0.25) is 0 Å². The highest BCUT2D eigenvalue weighted by Gasteiger charge is 2.22. The summed E-state index contributed by atoms with van der Waals surface area (Å²) in [6, 6.07) is 0. The van der Waals surface area contributed by atoms with E-state index in [0.717, 1.165) is 0 Å². The lowest BCUT2D eigenvalue weighted by molar-refractivity contribution is -0.0753. The van der Waals surface area contributed by atoms with Crippen molar-refractivity contribution in [1.82, 2.24) is 0 Å². The Morgan fingerprint density at radius 1 is 1.31 bits per heavy atom. The van der Waals surface area contributed by atoms with Gasteiger partial charge in [0.25, 0.3) is 0 Å². The third-order valence-electron chi connectivity index (χ3n) is 2.21. The van der Waals surface area contributed by atoms with Crippen molar-refractivity contribution in [2.24, 2.45) is 0 Å². The average molecular weight is 192 g/mol. The van der Waals surface area contributed by atoms with Gasteiger partial charge in [0.2, 0.25) is 0 Å². The van der Waals surface area contributed by atoms with Crippen LogP contribution in [0.25, 0.3) is 0 Å². The predicted molar refractivity (Wildman–Crippen MR) is 49.4 cm³/mol. The molecule has 0 aromatic carbocycles. The SMILES string of the molecule is CCC(O)(CC)COCC(O)CO. The van der Waals surface area contributed by atoms with Gasteiger partial charge in [-0.2, -0.15) is 0 Å². The molecule has 0 amide bonds. The maximum Gasteiger partial charge on any atom is 0.100 e. The molecule has 0 saturated heterocycles. The van der Waals surface area contributed by atoms with Crippen molar-refractivity contribution in [2.45, 2.75) is 38.4 Å². The third kappa shape index (κ3) is 5.21. The number of ether oxygens (including phenoxy) is 1. The molecule has 0 saturated carbocycles. The summed E-state index contributed by atoms with van der Waals surface area (Å²) in [6.07, 6.45) is 0.398. The molecule has 13 heavy (non-hydrogen) atoms. The van der Waals surface area contributed by atoms with Crippen LogP contribution in [-0.2, 0) is 4.74 Å². The van der Waals surface area contributed by atoms with Crippen molar-refractivity contribution < 1.29 is 20.1 Å². The molecule has 1 atom stereocenters. The lowest BCUT2D eigenvalue weighted by atomic mass is 9.99. The first-order valence-corrected chi connectivity index (χ1v) is 4.67. The van der Waals surface area contributed by atoms with E-state index < -0.39 is 11.7 Å². The molecule has 0 aliphatic rings. The van der Waals surface area contributed by atoms with E-state index in [2.05, 4.69) is 0 Å². The topological polar surface area (TPSA) is 69.9 Å². The first kappa shape index (κ1) is 12.8. The minimum atomic E-state index is -0.849. The molecule has 0 aromatic rings. The summed E-state index contributed by atoms with van der Waals surface area (Å²) in [7, 11) is 0. The molecular weight excluding hydrogens is 172 g/mol. The standard InChI is InChI=1S/C9H20O4/c1-3-9(12,4-2)7-13-6-8(11)5-10/h8,10-12H,3-7H2,1-2H3. The van der Waals surface area contributed by atoms with E-state index in [0.29, 0.717) is 12.8 Å². The van der Waals surface area contributed by atoms with Crippen LogP contribution in [0.1, 0.15) is 26.7 Å². The average Bonchev–Trinajstić information content (AvgIpc) is 2.17. The van der Waals surface area contributed by atoms with Crippen LogP contribution in [-0.4, -0.2) is 46.8 Å². The molecule has 0 heterocycles. The van der Waals surface area contributed by atoms with Crippen molar-refractivity contribution in [3.63, 3.8) is 0 Å². The van der Waals surface area contributed by atoms with Crippen LogP contribution in [0.2, 0.25) is 0 Å². The van der Waals surface area contributed by atoms with Crippen molar-refractivity contribution in [1.29, 1.82) is 0 Å². The fourth-order valence-corrected chi connectivity index (χ4v) is 0.892.